The quantitative estimate of drug-likeness (QED) is 0.516. The van der Waals surface area contributed by atoms with Crippen molar-refractivity contribution < 1.29 is 0 Å². The molecule has 1 nitrogen and oxygen atoms in total. The first kappa shape index (κ1) is 16.0. The van der Waals surface area contributed by atoms with Crippen LogP contribution in [-0.4, -0.2) is 6.04 Å². The summed E-state index contributed by atoms with van der Waals surface area (Å²) >= 11 is 0. The molecular formula is C24H25N. The van der Waals surface area contributed by atoms with Gasteiger partial charge in [0.15, 0.2) is 0 Å². The molecule has 126 valence electrons. The maximum atomic E-state index is 2.51. The van der Waals surface area contributed by atoms with E-state index in [1.807, 2.05) is 0 Å². The largest absolute Gasteiger partial charge is 0.338 e. The fourth-order valence-corrected chi connectivity index (χ4v) is 4.17. The molecule has 3 aromatic rings. The molecule has 4 rings (SSSR count). The molecule has 0 saturated carbocycles. The van der Waals surface area contributed by atoms with E-state index in [-0.39, 0.29) is 5.41 Å². The Morgan fingerprint density at radius 3 is 2.08 bits per heavy atom. The van der Waals surface area contributed by atoms with Crippen LogP contribution in [-0.2, 0) is 5.41 Å². The van der Waals surface area contributed by atoms with Crippen molar-refractivity contribution in [3.63, 3.8) is 0 Å². The summed E-state index contributed by atoms with van der Waals surface area (Å²) in [5, 5.41) is 0. The lowest BCUT2D eigenvalue weighted by Crippen LogP contribution is -2.37. The molecular weight excluding hydrogens is 302 g/mol. The van der Waals surface area contributed by atoms with Gasteiger partial charge in [0.1, 0.15) is 0 Å². The smallest absolute Gasteiger partial charge is 0.0534 e. The van der Waals surface area contributed by atoms with E-state index < -0.39 is 0 Å². The SMILES string of the molecule is CC(C)N1c2ccccc2C(C)(C)c2cccc(-c3ccccc3)c21. The van der Waals surface area contributed by atoms with E-state index in [4.69, 9.17) is 0 Å². The minimum atomic E-state index is -0.0118. The standard InChI is InChI=1S/C24H25N/c1-17(2)25-22-16-9-8-14-20(22)24(3,4)21-15-10-13-19(23(21)25)18-11-6-5-7-12-18/h5-17H,1-4H3. The lowest BCUT2D eigenvalue weighted by atomic mass is 9.72. The molecule has 1 aliphatic rings. The first-order valence-corrected chi connectivity index (χ1v) is 9.09. The molecule has 0 unspecified atom stereocenters. The minimum absolute atomic E-state index is 0.0118. The molecule has 25 heavy (non-hydrogen) atoms. The zero-order valence-electron chi connectivity index (χ0n) is 15.5. The predicted molar refractivity (Wildman–Crippen MR) is 108 cm³/mol. The van der Waals surface area contributed by atoms with Gasteiger partial charge in [0.05, 0.1) is 5.69 Å². The van der Waals surface area contributed by atoms with Crippen LogP contribution in [0.5, 0.6) is 0 Å². The van der Waals surface area contributed by atoms with Crippen LogP contribution in [0.25, 0.3) is 11.1 Å². The lowest BCUT2D eigenvalue weighted by molar-refractivity contribution is 0.613. The molecule has 1 heterocycles. The van der Waals surface area contributed by atoms with Crippen LogP contribution in [0.2, 0.25) is 0 Å². The zero-order chi connectivity index (χ0) is 17.6. The van der Waals surface area contributed by atoms with Gasteiger partial charge in [0.25, 0.3) is 0 Å². The Kier molecular flexibility index (Phi) is 3.68. The maximum Gasteiger partial charge on any atom is 0.0534 e. The number of rotatable bonds is 2. The molecule has 1 aliphatic heterocycles. The second kappa shape index (κ2) is 5.77. The highest BCUT2D eigenvalue weighted by Crippen LogP contribution is 2.52. The second-order valence-corrected chi connectivity index (χ2v) is 7.67. The Morgan fingerprint density at radius 2 is 1.36 bits per heavy atom. The third-order valence-electron chi connectivity index (χ3n) is 5.39. The van der Waals surface area contributed by atoms with Crippen LogP contribution in [0.4, 0.5) is 11.4 Å². The van der Waals surface area contributed by atoms with Crippen molar-refractivity contribution in [2.24, 2.45) is 0 Å². The Morgan fingerprint density at radius 1 is 0.720 bits per heavy atom. The topological polar surface area (TPSA) is 3.24 Å². The van der Waals surface area contributed by atoms with Crippen molar-refractivity contribution >= 4 is 11.4 Å². The number of benzene rings is 3. The monoisotopic (exact) mass is 327 g/mol. The third kappa shape index (κ3) is 2.38. The first-order valence-electron chi connectivity index (χ1n) is 9.09. The summed E-state index contributed by atoms with van der Waals surface area (Å²) in [6.45, 7) is 9.25. The van der Waals surface area contributed by atoms with Gasteiger partial charge in [0, 0.05) is 22.7 Å². The fourth-order valence-electron chi connectivity index (χ4n) is 4.17. The average molecular weight is 327 g/mol. The van der Waals surface area contributed by atoms with Gasteiger partial charge in [-0.25, -0.2) is 0 Å². The molecule has 1 heteroatoms. The number of hydrogen-bond donors (Lipinski definition) is 0. The number of fused-ring (bicyclic) bond motifs is 2. The summed E-state index contributed by atoms with van der Waals surface area (Å²) in [4.78, 5) is 2.51. The summed E-state index contributed by atoms with van der Waals surface area (Å²) in [5.74, 6) is 0. The summed E-state index contributed by atoms with van der Waals surface area (Å²) in [5.41, 5.74) is 8.07. The molecule has 0 fully saturated rings. The van der Waals surface area contributed by atoms with E-state index in [1.54, 1.807) is 0 Å². The summed E-state index contributed by atoms with van der Waals surface area (Å²) in [6, 6.07) is 26.8. The van der Waals surface area contributed by atoms with E-state index in [1.165, 1.54) is 33.6 Å². The molecule has 0 N–H and O–H groups in total. The van der Waals surface area contributed by atoms with Crippen LogP contribution >= 0.6 is 0 Å². The van der Waals surface area contributed by atoms with E-state index in [0.717, 1.165) is 0 Å². The molecule has 0 amide bonds. The highest BCUT2D eigenvalue weighted by atomic mass is 15.2. The molecule has 0 bridgehead atoms. The second-order valence-electron chi connectivity index (χ2n) is 7.67. The van der Waals surface area contributed by atoms with Crippen LogP contribution in [0, 0.1) is 0 Å². The van der Waals surface area contributed by atoms with E-state index >= 15 is 0 Å². The van der Waals surface area contributed by atoms with Gasteiger partial charge >= 0.3 is 0 Å². The predicted octanol–water partition coefficient (Wildman–Crippen LogP) is 6.54. The number of hydrogen-bond acceptors (Lipinski definition) is 1. The molecule has 0 saturated heterocycles. The highest BCUT2D eigenvalue weighted by Gasteiger charge is 2.38. The van der Waals surface area contributed by atoms with Gasteiger partial charge in [0.2, 0.25) is 0 Å². The summed E-state index contributed by atoms with van der Waals surface area (Å²) in [6.07, 6.45) is 0. The van der Waals surface area contributed by atoms with Gasteiger partial charge in [-0.05, 0) is 36.6 Å². The van der Waals surface area contributed by atoms with Gasteiger partial charge < -0.3 is 4.90 Å². The van der Waals surface area contributed by atoms with Crippen molar-refractivity contribution in [1.82, 2.24) is 0 Å². The minimum Gasteiger partial charge on any atom is -0.338 e. The van der Waals surface area contributed by atoms with Crippen LogP contribution in [0.15, 0.2) is 72.8 Å². The van der Waals surface area contributed by atoms with Gasteiger partial charge in [-0.3, -0.25) is 0 Å². The van der Waals surface area contributed by atoms with Crippen LogP contribution < -0.4 is 4.90 Å². The molecule has 0 aliphatic carbocycles. The lowest BCUT2D eigenvalue weighted by Gasteiger charge is -2.45. The van der Waals surface area contributed by atoms with Gasteiger partial charge in [-0.15, -0.1) is 0 Å². The zero-order valence-corrected chi connectivity index (χ0v) is 15.5. The van der Waals surface area contributed by atoms with Crippen molar-refractivity contribution in [1.29, 1.82) is 0 Å². The maximum absolute atomic E-state index is 2.51. The van der Waals surface area contributed by atoms with Crippen molar-refractivity contribution in [3.8, 4) is 11.1 Å². The molecule has 0 aromatic heterocycles. The summed E-state index contributed by atoms with van der Waals surface area (Å²) < 4.78 is 0. The third-order valence-corrected chi connectivity index (χ3v) is 5.39. The van der Waals surface area contributed by atoms with Gasteiger partial charge in [-0.2, -0.15) is 0 Å². The average Bonchev–Trinajstić information content (AvgIpc) is 2.62. The Balaban J connectivity index is 2.07. The number of para-hydroxylation sites is 2. The van der Waals surface area contributed by atoms with Gasteiger partial charge in [-0.1, -0.05) is 80.6 Å². The van der Waals surface area contributed by atoms with E-state index in [2.05, 4.69) is 105 Å². The number of nitrogens with zero attached hydrogens (tertiary/aromatic N) is 1. The fraction of sp³-hybridized carbons (Fsp3) is 0.250. The Labute approximate surface area is 150 Å². The van der Waals surface area contributed by atoms with Crippen molar-refractivity contribution in [3.05, 3.63) is 83.9 Å². The summed E-state index contributed by atoms with van der Waals surface area (Å²) in [7, 11) is 0. The molecule has 0 atom stereocenters. The van der Waals surface area contributed by atoms with Crippen LogP contribution in [0.1, 0.15) is 38.8 Å². The molecule has 3 aromatic carbocycles. The van der Waals surface area contributed by atoms with E-state index in [0.29, 0.717) is 6.04 Å². The van der Waals surface area contributed by atoms with Crippen molar-refractivity contribution in [2.45, 2.75) is 39.2 Å². The van der Waals surface area contributed by atoms with Crippen molar-refractivity contribution in [2.75, 3.05) is 4.90 Å². The Bertz CT molecular complexity index is 906. The van der Waals surface area contributed by atoms with Crippen LogP contribution in [0.3, 0.4) is 0 Å². The normalized spacial score (nSPS) is 15.0. The number of anilines is 2. The van der Waals surface area contributed by atoms with E-state index in [9.17, 15) is 0 Å². The highest BCUT2D eigenvalue weighted by molar-refractivity contribution is 5.89. The molecule has 0 spiro atoms. The molecule has 0 radical (unpaired) electrons. The first-order chi connectivity index (χ1) is 12.0. The Hall–Kier alpha value is -2.54.